The number of benzene rings is 1. The number of ether oxygens (including phenoxy) is 2. The Bertz CT molecular complexity index is 339. The Kier molecular flexibility index (Phi) is 5.84. The Morgan fingerprint density at radius 3 is 2.47 bits per heavy atom. The van der Waals surface area contributed by atoms with Crippen LogP contribution in [-0.2, 0) is 6.42 Å². The average molecular weight is 237 g/mol. The summed E-state index contributed by atoms with van der Waals surface area (Å²) >= 11 is 0. The third-order valence-electron chi connectivity index (χ3n) is 2.94. The quantitative estimate of drug-likeness (QED) is 0.791. The lowest BCUT2D eigenvalue weighted by molar-refractivity contribution is 0.394. The van der Waals surface area contributed by atoms with Gasteiger partial charge in [-0.3, -0.25) is 0 Å². The summed E-state index contributed by atoms with van der Waals surface area (Å²) in [4.78, 5) is 0. The zero-order chi connectivity index (χ0) is 12.7. The molecule has 0 aliphatic rings. The summed E-state index contributed by atoms with van der Waals surface area (Å²) < 4.78 is 10.6. The average Bonchev–Trinajstić information content (AvgIpc) is 2.38. The highest BCUT2D eigenvalue weighted by atomic mass is 16.5. The molecule has 0 aliphatic carbocycles. The minimum absolute atomic E-state index is 0.487. The molecule has 0 bridgehead atoms. The Hall–Kier alpha value is -1.22. The number of nitrogens with one attached hydrogen (secondary N) is 1. The maximum atomic E-state index is 5.39. The fourth-order valence-electron chi connectivity index (χ4n) is 1.96. The maximum Gasteiger partial charge on any atom is 0.122 e. The molecule has 96 valence electrons. The standard InChI is InChI=1S/C14H23NO2/c1-5-12(15-6-2)9-11-10-13(16-3)7-8-14(11)17-4/h7-8,10,12,15H,5-6,9H2,1-4H3. The van der Waals surface area contributed by atoms with Crippen molar-refractivity contribution in [2.45, 2.75) is 32.7 Å². The van der Waals surface area contributed by atoms with E-state index in [1.807, 2.05) is 12.1 Å². The highest BCUT2D eigenvalue weighted by molar-refractivity contribution is 5.40. The Morgan fingerprint density at radius 1 is 1.18 bits per heavy atom. The Morgan fingerprint density at radius 2 is 1.94 bits per heavy atom. The van der Waals surface area contributed by atoms with Crippen LogP contribution in [0.25, 0.3) is 0 Å². The van der Waals surface area contributed by atoms with Gasteiger partial charge in [-0.2, -0.15) is 0 Å². The molecule has 0 amide bonds. The fraction of sp³-hybridized carbons (Fsp3) is 0.571. The van der Waals surface area contributed by atoms with Crippen molar-refractivity contribution in [2.75, 3.05) is 20.8 Å². The summed E-state index contributed by atoms with van der Waals surface area (Å²) in [5.41, 5.74) is 1.19. The molecule has 1 N–H and O–H groups in total. The second-order valence-corrected chi connectivity index (χ2v) is 4.04. The van der Waals surface area contributed by atoms with E-state index in [-0.39, 0.29) is 0 Å². The fourth-order valence-corrected chi connectivity index (χ4v) is 1.96. The van der Waals surface area contributed by atoms with Crippen molar-refractivity contribution in [1.82, 2.24) is 5.32 Å². The summed E-state index contributed by atoms with van der Waals surface area (Å²) in [5, 5.41) is 3.47. The molecule has 0 heterocycles. The molecule has 1 rings (SSSR count). The van der Waals surface area contributed by atoms with Gasteiger partial charge in [0, 0.05) is 6.04 Å². The lowest BCUT2D eigenvalue weighted by Gasteiger charge is -2.18. The van der Waals surface area contributed by atoms with E-state index in [1.54, 1.807) is 14.2 Å². The van der Waals surface area contributed by atoms with Crippen LogP contribution in [0.2, 0.25) is 0 Å². The van der Waals surface area contributed by atoms with Crippen LogP contribution in [0.15, 0.2) is 18.2 Å². The molecule has 0 spiro atoms. The van der Waals surface area contributed by atoms with Crippen LogP contribution in [0.3, 0.4) is 0 Å². The summed E-state index contributed by atoms with van der Waals surface area (Å²) in [5.74, 6) is 1.81. The van der Waals surface area contributed by atoms with Gasteiger partial charge >= 0.3 is 0 Å². The minimum Gasteiger partial charge on any atom is -0.497 e. The highest BCUT2D eigenvalue weighted by Gasteiger charge is 2.11. The lowest BCUT2D eigenvalue weighted by atomic mass is 10.0. The Labute approximate surface area is 104 Å². The molecule has 0 aromatic heterocycles. The van der Waals surface area contributed by atoms with Crippen molar-refractivity contribution in [1.29, 1.82) is 0 Å². The predicted molar refractivity (Wildman–Crippen MR) is 71.0 cm³/mol. The molecule has 1 atom stereocenters. The van der Waals surface area contributed by atoms with Gasteiger partial charge in [0.1, 0.15) is 11.5 Å². The molecule has 3 nitrogen and oxygen atoms in total. The van der Waals surface area contributed by atoms with E-state index in [0.29, 0.717) is 6.04 Å². The van der Waals surface area contributed by atoms with Crippen molar-refractivity contribution in [3.8, 4) is 11.5 Å². The number of likely N-dealkylation sites (N-methyl/N-ethyl adjacent to an activating group) is 1. The SMILES string of the molecule is CCNC(CC)Cc1cc(OC)ccc1OC. The summed E-state index contributed by atoms with van der Waals surface area (Å²) in [7, 11) is 3.40. The largest absolute Gasteiger partial charge is 0.497 e. The van der Waals surface area contributed by atoms with Gasteiger partial charge in [-0.05, 0) is 43.1 Å². The summed E-state index contributed by atoms with van der Waals surface area (Å²) in [6.07, 6.45) is 2.07. The van der Waals surface area contributed by atoms with Gasteiger partial charge in [0.2, 0.25) is 0 Å². The molecule has 0 saturated carbocycles. The van der Waals surface area contributed by atoms with Gasteiger partial charge in [0.15, 0.2) is 0 Å². The first-order chi connectivity index (χ1) is 8.24. The first-order valence-electron chi connectivity index (χ1n) is 6.19. The lowest BCUT2D eigenvalue weighted by Crippen LogP contribution is -2.30. The Balaban J connectivity index is 2.85. The molecule has 0 aliphatic heterocycles. The molecular formula is C14H23NO2. The monoisotopic (exact) mass is 237 g/mol. The van der Waals surface area contributed by atoms with E-state index in [9.17, 15) is 0 Å². The number of rotatable bonds is 7. The normalized spacial score (nSPS) is 12.2. The van der Waals surface area contributed by atoms with E-state index < -0.39 is 0 Å². The molecule has 0 fully saturated rings. The zero-order valence-corrected chi connectivity index (χ0v) is 11.2. The van der Waals surface area contributed by atoms with Crippen molar-refractivity contribution in [2.24, 2.45) is 0 Å². The van der Waals surface area contributed by atoms with Crippen molar-refractivity contribution < 1.29 is 9.47 Å². The number of hydrogen-bond donors (Lipinski definition) is 1. The maximum absolute atomic E-state index is 5.39. The van der Waals surface area contributed by atoms with Gasteiger partial charge in [0.05, 0.1) is 14.2 Å². The molecular weight excluding hydrogens is 214 g/mol. The molecule has 1 unspecified atom stereocenters. The van der Waals surface area contributed by atoms with Gasteiger partial charge in [-0.25, -0.2) is 0 Å². The smallest absolute Gasteiger partial charge is 0.122 e. The third-order valence-corrected chi connectivity index (χ3v) is 2.94. The van der Waals surface area contributed by atoms with E-state index >= 15 is 0 Å². The van der Waals surface area contributed by atoms with Crippen LogP contribution in [0, 0.1) is 0 Å². The van der Waals surface area contributed by atoms with Crippen molar-refractivity contribution in [3.05, 3.63) is 23.8 Å². The third kappa shape index (κ3) is 3.93. The first-order valence-corrected chi connectivity index (χ1v) is 6.19. The van der Waals surface area contributed by atoms with Crippen LogP contribution in [0.4, 0.5) is 0 Å². The van der Waals surface area contributed by atoms with Crippen LogP contribution in [-0.4, -0.2) is 26.8 Å². The highest BCUT2D eigenvalue weighted by Crippen LogP contribution is 2.25. The number of hydrogen-bond acceptors (Lipinski definition) is 3. The summed E-state index contributed by atoms with van der Waals surface area (Å²) in [6, 6.07) is 6.43. The van der Waals surface area contributed by atoms with Gasteiger partial charge in [-0.1, -0.05) is 13.8 Å². The van der Waals surface area contributed by atoms with Crippen LogP contribution in [0.1, 0.15) is 25.8 Å². The molecule has 0 saturated heterocycles. The van der Waals surface area contributed by atoms with Gasteiger partial charge in [-0.15, -0.1) is 0 Å². The second kappa shape index (κ2) is 7.17. The van der Waals surface area contributed by atoms with E-state index in [0.717, 1.165) is 30.9 Å². The van der Waals surface area contributed by atoms with Gasteiger partial charge < -0.3 is 14.8 Å². The zero-order valence-electron chi connectivity index (χ0n) is 11.2. The van der Waals surface area contributed by atoms with E-state index in [4.69, 9.17) is 9.47 Å². The van der Waals surface area contributed by atoms with Crippen molar-refractivity contribution in [3.63, 3.8) is 0 Å². The van der Waals surface area contributed by atoms with E-state index in [2.05, 4.69) is 25.2 Å². The van der Waals surface area contributed by atoms with Crippen LogP contribution < -0.4 is 14.8 Å². The molecule has 1 aromatic rings. The number of methoxy groups -OCH3 is 2. The first kappa shape index (κ1) is 13.8. The van der Waals surface area contributed by atoms with Crippen molar-refractivity contribution >= 4 is 0 Å². The topological polar surface area (TPSA) is 30.5 Å². The molecule has 17 heavy (non-hydrogen) atoms. The molecule has 0 radical (unpaired) electrons. The predicted octanol–water partition coefficient (Wildman–Crippen LogP) is 2.63. The minimum atomic E-state index is 0.487. The van der Waals surface area contributed by atoms with Crippen LogP contribution in [0.5, 0.6) is 11.5 Å². The molecule has 3 heteroatoms. The second-order valence-electron chi connectivity index (χ2n) is 4.04. The van der Waals surface area contributed by atoms with E-state index in [1.165, 1.54) is 5.56 Å². The summed E-state index contributed by atoms with van der Waals surface area (Å²) in [6.45, 7) is 5.32. The van der Waals surface area contributed by atoms with Gasteiger partial charge in [0.25, 0.3) is 0 Å². The molecule has 1 aromatic carbocycles. The van der Waals surface area contributed by atoms with Crippen LogP contribution >= 0.6 is 0 Å².